The number of thioether (sulfide) groups is 2. The Bertz CT molecular complexity index is 750. The number of nitrogens with zero attached hydrogens (tertiary/aromatic N) is 1. The van der Waals surface area contributed by atoms with E-state index in [0.717, 1.165) is 11.4 Å². The van der Waals surface area contributed by atoms with Crippen molar-refractivity contribution in [3.05, 3.63) is 51.4 Å². The van der Waals surface area contributed by atoms with E-state index in [0.29, 0.717) is 21.6 Å². The molecule has 128 valence electrons. The van der Waals surface area contributed by atoms with Gasteiger partial charge in [-0.3, -0.25) is 9.59 Å². The molecule has 2 aromatic rings. The summed E-state index contributed by atoms with van der Waals surface area (Å²) >= 11 is 8.74. The van der Waals surface area contributed by atoms with Gasteiger partial charge < -0.3 is 10.3 Å². The highest BCUT2D eigenvalue weighted by Crippen LogP contribution is 2.21. The van der Waals surface area contributed by atoms with E-state index < -0.39 is 5.25 Å². The molecule has 1 aromatic heterocycles. The van der Waals surface area contributed by atoms with Crippen molar-refractivity contribution in [2.45, 2.75) is 30.0 Å². The molecular formula is C16H18ClN3O2S2. The molecule has 1 amide bonds. The second-order valence-corrected chi connectivity index (χ2v) is 7.98. The van der Waals surface area contributed by atoms with Gasteiger partial charge >= 0.3 is 0 Å². The smallest absolute Gasteiger partial charge is 0.251 e. The Labute approximate surface area is 154 Å². The monoisotopic (exact) mass is 383 g/mol. The summed E-state index contributed by atoms with van der Waals surface area (Å²) in [7, 11) is 0. The quantitative estimate of drug-likeness (QED) is 0.562. The first kappa shape index (κ1) is 18.9. The van der Waals surface area contributed by atoms with Crippen molar-refractivity contribution >= 4 is 46.7 Å². The summed E-state index contributed by atoms with van der Waals surface area (Å²) in [4.78, 5) is 31.0. The van der Waals surface area contributed by atoms with Crippen LogP contribution in [0.2, 0.25) is 5.02 Å². The number of aromatic nitrogens is 2. The minimum atomic E-state index is -0.405. The van der Waals surface area contributed by atoms with Gasteiger partial charge in [0.15, 0.2) is 5.16 Å². The van der Waals surface area contributed by atoms with Gasteiger partial charge in [-0.1, -0.05) is 30.3 Å². The number of amides is 1. The third kappa shape index (κ3) is 5.89. The summed E-state index contributed by atoms with van der Waals surface area (Å²) < 4.78 is 0. The molecule has 5 nitrogen and oxygen atoms in total. The van der Waals surface area contributed by atoms with Crippen LogP contribution >= 0.6 is 35.1 Å². The Hall–Kier alpha value is -1.44. The van der Waals surface area contributed by atoms with E-state index in [2.05, 4.69) is 22.2 Å². The Kier molecular flexibility index (Phi) is 7.20. The van der Waals surface area contributed by atoms with E-state index in [1.165, 1.54) is 17.8 Å². The van der Waals surface area contributed by atoms with Gasteiger partial charge in [0.05, 0.1) is 10.9 Å². The van der Waals surface area contributed by atoms with Crippen LogP contribution in [-0.2, 0) is 10.5 Å². The van der Waals surface area contributed by atoms with Gasteiger partial charge in [0, 0.05) is 22.5 Å². The van der Waals surface area contributed by atoms with Gasteiger partial charge in [-0.05, 0) is 36.9 Å². The van der Waals surface area contributed by atoms with Crippen molar-refractivity contribution < 1.29 is 4.79 Å². The van der Waals surface area contributed by atoms with Crippen LogP contribution in [-0.4, -0.2) is 26.9 Å². The zero-order chi connectivity index (χ0) is 17.5. The first-order valence-corrected chi connectivity index (χ1v) is 9.80. The van der Waals surface area contributed by atoms with Crippen molar-refractivity contribution in [3.8, 4) is 0 Å². The highest BCUT2D eigenvalue weighted by Gasteiger charge is 2.16. The molecule has 0 saturated carbocycles. The average Bonchev–Trinajstić information content (AvgIpc) is 2.54. The number of nitrogens with one attached hydrogen (secondary N) is 2. The van der Waals surface area contributed by atoms with Crippen LogP contribution in [0.15, 0.2) is 40.3 Å². The summed E-state index contributed by atoms with van der Waals surface area (Å²) in [5, 5.41) is 3.47. The fraction of sp³-hybridized carbons (Fsp3) is 0.312. The molecule has 0 aliphatic rings. The van der Waals surface area contributed by atoms with E-state index >= 15 is 0 Å². The molecule has 0 aliphatic carbocycles. The van der Waals surface area contributed by atoms with Crippen LogP contribution in [0.3, 0.4) is 0 Å². The number of carbonyl (C=O) groups excluding carboxylic acids is 1. The lowest BCUT2D eigenvalue weighted by molar-refractivity contribution is -0.115. The maximum absolute atomic E-state index is 12.3. The summed E-state index contributed by atoms with van der Waals surface area (Å²) in [6, 6.07) is 8.39. The van der Waals surface area contributed by atoms with E-state index in [1.807, 2.05) is 0 Å². The van der Waals surface area contributed by atoms with Crippen LogP contribution in [0.1, 0.15) is 19.5 Å². The molecule has 24 heavy (non-hydrogen) atoms. The lowest BCUT2D eigenvalue weighted by atomic mass is 10.3. The normalized spacial score (nSPS) is 12.0. The first-order valence-electron chi connectivity index (χ1n) is 7.39. The molecule has 0 spiro atoms. The van der Waals surface area contributed by atoms with E-state index in [9.17, 15) is 9.59 Å². The van der Waals surface area contributed by atoms with Crippen LogP contribution in [0, 0.1) is 0 Å². The number of hydrogen-bond donors (Lipinski definition) is 2. The van der Waals surface area contributed by atoms with Crippen molar-refractivity contribution in [1.82, 2.24) is 9.97 Å². The predicted octanol–water partition coefficient (Wildman–Crippen LogP) is 3.80. The maximum Gasteiger partial charge on any atom is 0.251 e. The number of rotatable bonds is 7. The van der Waals surface area contributed by atoms with Crippen LogP contribution in [0.25, 0.3) is 0 Å². The molecule has 1 aromatic carbocycles. The number of carbonyl (C=O) groups is 1. The van der Waals surface area contributed by atoms with E-state index in [1.54, 1.807) is 43.0 Å². The Morgan fingerprint density at radius 2 is 2.08 bits per heavy atom. The van der Waals surface area contributed by atoms with Crippen LogP contribution in [0.4, 0.5) is 5.69 Å². The van der Waals surface area contributed by atoms with Gasteiger partial charge in [-0.2, -0.15) is 11.8 Å². The molecular weight excluding hydrogens is 366 g/mol. The van der Waals surface area contributed by atoms with Crippen LogP contribution in [0.5, 0.6) is 0 Å². The number of benzene rings is 1. The van der Waals surface area contributed by atoms with Crippen LogP contribution < -0.4 is 10.9 Å². The zero-order valence-electron chi connectivity index (χ0n) is 13.3. The lowest BCUT2D eigenvalue weighted by Gasteiger charge is -2.12. The largest absolute Gasteiger partial charge is 0.325 e. The third-order valence-corrected chi connectivity index (χ3v) is 5.14. The zero-order valence-corrected chi connectivity index (χ0v) is 15.7. The standard InChI is InChI=1S/C16H18ClN3O2S2/c1-3-23-9-13-8-14(21)20-16(19-13)24-10(2)15(22)18-12-6-4-11(17)5-7-12/h4-8,10H,3,9H2,1-2H3,(H,18,22)(H,19,20,21). The van der Waals surface area contributed by atoms with Crippen molar-refractivity contribution in [1.29, 1.82) is 0 Å². The van der Waals surface area contributed by atoms with Crippen molar-refractivity contribution in [3.63, 3.8) is 0 Å². The molecule has 0 radical (unpaired) electrons. The summed E-state index contributed by atoms with van der Waals surface area (Å²) in [6.45, 7) is 3.82. The minimum Gasteiger partial charge on any atom is -0.325 e. The maximum atomic E-state index is 12.3. The predicted molar refractivity (Wildman–Crippen MR) is 102 cm³/mol. The number of hydrogen-bond acceptors (Lipinski definition) is 5. The molecule has 2 rings (SSSR count). The molecule has 1 atom stereocenters. The second kappa shape index (κ2) is 9.15. The Morgan fingerprint density at radius 3 is 2.75 bits per heavy atom. The third-order valence-electron chi connectivity index (χ3n) is 3.00. The van der Waals surface area contributed by atoms with Gasteiger partial charge in [0.1, 0.15) is 0 Å². The summed E-state index contributed by atoms with van der Waals surface area (Å²) in [5.74, 6) is 1.47. The molecule has 0 saturated heterocycles. The number of anilines is 1. The summed E-state index contributed by atoms with van der Waals surface area (Å²) in [5.41, 5.74) is 1.19. The number of halogens is 1. The van der Waals surface area contributed by atoms with Gasteiger partial charge in [0.25, 0.3) is 5.56 Å². The average molecular weight is 384 g/mol. The van der Waals surface area contributed by atoms with E-state index in [-0.39, 0.29) is 11.5 Å². The van der Waals surface area contributed by atoms with E-state index in [4.69, 9.17) is 11.6 Å². The molecule has 0 bridgehead atoms. The highest BCUT2D eigenvalue weighted by molar-refractivity contribution is 8.00. The Balaban J connectivity index is 2.01. The highest BCUT2D eigenvalue weighted by atomic mass is 35.5. The fourth-order valence-corrected chi connectivity index (χ4v) is 3.34. The van der Waals surface area contributed by atoms with Gasteiger partial charge in [-0.25, -0.2) is 4.98 Å². The molecule has 1 unspecified atom stereocenters. The summed E-state index contributed by atoms with van der Waals surface area (Å²) in [6.07, 6.45) is 0. The Morgan fingerprint density at radius 1 is 1.38 bits per heavy atom. The number of H-pyrrole nitrogens is 1. The topological polar surface area (TPSA) is 74.8 Å². The molecule has 8 heteroatoms. The first-order chi connectivity index (χ1) is 11.5. The number of aromatic amines is 1. The molecule has 0 aliphatic heterocycles. The lowest BCUT2D eigenvalue weighted by Crippen LogP contribution is -2.23. The second-order valence-electron chi connectivity index (χ2n) is 4.94. The van der Waals surface area contributed by atoms with Crippen molar-refractivity contribution in [2.75, 3.05) is 11.1 Å². The SMILES string of the molecule is CCSCc1cc(=O)[nH]c(SC(C)C(=O)Nc2ccc(Cl)cc2)n1. The molecule has 2 N–H and O–H groups in total. The fourth-order valence-electron chi connectivity index (χ4n) is 1.82. The van der Waals surface area contributed by atoms with Crippen molar-refractivity contribution in [2.24, 2.45) is 0 Å². The molecule has 1 heterocycles. The van der Waals surface area contributed by atoms with Gasteiger partial charge in [-0.15, -0.1) is 0 Å². The van der Waals surface area contributed by atoms with Gasteiger partial charge in [0.2, 0.25) is 5.91 Å². The minimum absolute atomic E-state index is 0.168. The molecule has 0 fully saturated rings.